The number of hydrogen-bond acceptors (Lipinski definition) is 3. The Morgan fingerprint density at radius 1 is 0.600 bits per heavy atom. The van der Waals surface area contributed by atoms with E-state index in [1.807, 2.05) is 0 Å². The fourth-order valence-corrected chi connectivity index (χ4v) is 0. The minimum atomic E-state index is 0. The van der Waals surface area contributed by atoms with E-state index >= 15 is 0 Å². The first-order chi connectivity index (χ1) is 0. The second kappa shape index (κ2) is 48.1. The first-order valence-corrected chi connectivity index (χ1v) is 0. The molecule has 0 saturated heterocycles. The van der Waals surface area contributed by atoms with E-state index in [2.05, 4.69) is 0 Å². The van der Waals surface area contributed by atoms with Crippen molar-refractivity contribution in [1.82, 2.24) is 0 Å². The summed E-state index contributed by atoms with van der Waals surface area (Å²) >= 11 is 0. The molecule has 3 nitrogen and oxygen atoms in total. The van der Waals surface area contributed by atoms with Gasteiger partial charge in [0.2, 0.25) is 0 Å². The zero-order valence-corrected chi connectivity index (χ0v) is 7.87. The molecule has 0 heterocycles. The van der Waals surface area contributed by atoms with E-state index in [9.17, 15) is 0 Å². The Morgan fingerprint density at radius 2 is 0.600 bits per heavy atom. The molecule has 0 aromatic heterocycles. The first-order valence-electron chi connectivity index (χ1n) is 0. The molecule has 0 aromatic carbocycles. The maximum atomic E-state index is 0. The Morgan fingerprint density at radius 3 is 0.600 bits per heavy atom. The quantitative estimate of drug-likeness (QED) is 0.554. The Bertz CT molecular complexity index is 6.85. The van der Waals surface area contributed by atoms with E-state index in [4.69, 9.17) is 0 Å². The van der Waals surface area contributed by atoms with Crippen LogP contribution in [-0.2, 0) is 49.7 Å². The molecule has 0 saturated carbocycles. The van der Waals surface area contributed by atoms with E-state index in [0.717, 1.165) is 0 Å². The Balaban J connectivity index is 0. The largest absolute Gasteiger partial charge is 2.00 e. The van der Waals surface area contributed by atoms with Gasteiger partial charge < -0.3 is 16.4 Å². The van der Waals surface area contributed by atoms with Crippen LogP contribution in [0.5, 0.6) is 0 Å². The molecule has 5 heteroatoms. The molecule has 0 fully saturated rings. The SMILES string of the molecule is [Ag+].[Cd+2].[OH-].[OH-].[OH-]. The van der Waals surface area contributed by atoms with Gasteiger partial charge >= 0.3 is 49.7 Å². The summed E-state index contributed by atoms with van der Waals surface area (Å²) in [7, 11) is 0. The van der Waals surface area contributed by atoms with E-state index < -0.39 is 0 Å². The predicted octanol–water partition coefficient (Wildman–Crippen LogP) is -0.535. The van der Waals surface area contributed by atoms with Gasteiger partial charge in [0.15, 0.2) is 0 Å². The summed E-state index contributed by atoms with van der Waals surface area (Å²) in [6.07, 6.45) is 0. The van der Waals surface area contributed by atoms with Crippen LogP contribution in [0.25, 0.3) is 0 Å². The fourth-order valence-electron chi connectivity index (χ4n) is 0. The number of hydrogen-bond donors (Lipinski definition) is 0. The molecule has 0 rings (SSSR count). The molecule has 0 bridgehead atoms. The Kier molecular flexibility index (Phi) is 812. The van der Waals surface area contributed by atoms with E-state index in [0.29, 0.717) is 0 Å². The van der Waals surface area contributed by atoms with E-state index in [1.165, 1.54) is 0 Å². The van der Waals surface area contributed by atoms with Gasteiger partial charge in [0, 0.05) is 0 Å². The van der Waals surface area contributed by atoms with Crippen molar-refractivity contribution in [2.75, 3.05) is 0 Å². The van der Waals surface area contributed by atoms with Gasteiger partial charge in [-0.15, -0.1) is 0 Å². The van der Waals surface area contributed by atoms with Gasteiger partial charge in [-0.1, -0.05) is 0 Å². The van der Waals surface area contributed by atoms with Crippen LogP contribution in [0.15, 0.2) is 0 Å². The smallest absolute Gasteiger partial charge is 0.870 e. The second-order valence-electron chi connectivity index (χ2n) is 0. The molecular formula is H3AgCdO3. The minimum absolute atomic E-state index is 0. The van der Waals surface area contributed by atoms with Crippen LogP contribution in [0.4, 0.5) is 0 Å². The molecular weight excluding hydrogens is 268 g/mol. The topological polar surface area (TPSA) is 90.0 Å². The molecule has 0 unspecified atom stereocenters. The standard InChI is InChI=1S/Ag.Cd.3H2O/h;;3*1H2/q+1;+2;;;/p-3. The van der Waals surface area contributed by atoms with Crippen LogP contribution in [0.2, 0.25) is 0 Å². The van der Waals surface area contributed by atoms with Crippen molar-refractivity contribution < 1.29 is 66.1 Å². The Hall–Kier alpha value is 1.54. The summed E-state index contributed by atoms with van der Waals surface area (Å²) in [6.45, 7) is 0. The summed E-state index contributed by atoms with van der Waals surface area (Å²) in [5.74, 6) is 0. The zero-order chi connectivity index (χ0) is 0. The summed E-state index contributed by atoms with van der Waals surface area (Å²) in [6, 6.07) is 0. The van der Waals surface area contributed by atoms with Crippen LogP contribution < -0.4 is 0 Å². The van der Waals surface area contributed by atoms with Crippen LogP contribution in [0.1, 0.15) is 0 Å². The fraction of sp³-hybridized carbons (Fsp3) is 0. The monoisotopic (exact) mass is 272 g/mol. The molecule has 0 aliphatic rings. The molecule has 0 aromatic rings. The van der Waals surface area contributed by atoms with Crippen molar-refractivity contribution in [3.05, 3.63) is 0 Å². The molecule has 34 valence electrons. The maximum absolute atomic E-state index is 0. The van der Waals surface area contributed by atoms with Crippen molar-refractivity contribution in [2.45, 2.75) is 0 Å². The molecule has 0 aliphatic carbocycles. The average molecular weight is 271 g/mol. The normalized spacial score (nSPS) is 0. The first kappa shape index (κ1) is 84.5. The Labute approximate surface area is 65.7 Å². The molecule has 5 heavy (non-hydrogen) atoms. The van der Waals surface area contributed by atoms with Crippen molar-refractivity contribution >= 4 is 0 Å². The average Bonchev–Trinajstić information content (AvgIpc) is 0. The van der Waals surface area contributed by atoms with Gasteiger partial charge in [0.05, 0.1) is 0 Å². The van der Waals surface area contributed by atoms with Gasteiger partial charge in [-0.05, 0) is 0 Å². The van der Waals surface area contributed by atoms with Gasteiger partial charge in [-0.2, -0.15) is 0 Å². The maximum Gasteiger partial charge on any atom is 2.00 e. The van der Waals surface area contributed by atoms with Gasteiger partial charge in [-0.25, -0.2) is 0 Å². The third kappa shape index (κ3) is 29.2. The van der Waals surface area contributed by atoms with Crippen molar-refractivity contribution in [3.63, 3.8) is 0 Å². The van der Waals surface area contributed by atoms with Crippen molar-refractivity contribution in [1.29, 1.82) is 0 Å². The molecule has 3 N–H and O–H groups in total. The van der Waals surface area contributed by atoms with Crippen LogP contribution >= 0.6 is 0 Å². The number of rotatable bonds is 0. The summed E-state index contributed by atoms with van der Waals surface area (Å²) in [5, 5.41) is 0. The van der Waals surface area contributed by atoms with Crippen molar-refractivity contribution in [3.8, 4) is 0 Å². The summed E-state index contributed by atoms with van der Waals surface area (Å²) < 4.78 is 0. The van der Waals surface area contributed by atoms with Crippen molar-refractivity contribution in [2.24, 2.45) is 0 Å². The summed E-state index contributed by atoms with van der Waals surface area (Å²) in [4.78, 5) is 0. The van der Waals surface area contributed by atoms with E-state index in [-0.39, 0.29) is 66.1 Å². The molecule has 0 aliphatic heterocycles. The predicted molar refractivity (Wildman–Crippen MR) is 5.81 cm³/mol. The third-order valence-electron chi connectivity index (χ3n) is 0. The van der Waals surface area contributed by atoms with Gasteiger partial charge in [0.25, 0.3) is 0 Å². The molecule has 0 radical (unpaired) electrons. The third-order valence-corrected chi connectivity index (χ3v) is 0. The van der Waals surface area contributed by atoms with E-state index in [1.54, 1.807) is 0 Å². The zero-order valence-electron chi connectivity index (χ0n) is 2.35. The minimum Gasteiger partial charge on any atom is -0.870 e. The van der Waals surface area contributed by atoms with Crippen LogP contribution in [0, 0.1) is 0 Å². The van der Waals surface area contributed by atoms with Gasteiger partial charge in [0.1, 0.15) is 0 Å². The van der Waals surface area contributed by atoms with Crippen LogP contribution in [-0.4, -0.2) is 16.4 Å². The molecule has 0 atom stereocenters. The van der Waals surface area contributed by atoms with Crippen LogP contribution in [0.3, 0.4) is 0 Å². The second-order valence-corrected chi connectivity index (χ2v) is 0. The molecule has 0 spiro atoms. The van der Waals surface area contributed by atoms with Gasteiger partial charge in [-0.3, -0.25) is 0 Å². The molecule has 0 amide bonds. The summed E-state index contributed by atoms with van der Waals surface area (Å²) in [5.41, 5.74) is 0.